The summed E-state index contributed by atoms with van der Waals surface area (Å²) >= 11 is 0. The van der Waals surface area contributed by atoms with E-state index in [4.69, 9.17) is 11.5 Å². The predicted octanol–water partition coefficient (Wildman–Crippen LogP) is 2.74. The molecule has 0 aliphatic rings. The van der Waals surface area contributed by atoms with Gasteiger partial charge in [-0.25, -0.2) is 9.18 Å². The Balaban J connectivity index is 2.97. The third-order valence-corrected chi connectivity index (χ3v) is 2.43. The van der Waals surface area contributed by atoms with Crippen molar-refractivity contribution < 1.29 is 14.3 Å². The van der Waals surface area contributed by atoms with Gasteiger partial charge < -0.3 is 10.4 Å². The van der Waals surface area contributed by atoms with Gasteiger partial charge >= 0.3 is 5.97 Å². The molecule has 0 fully saturated rings. The number of nitrogens with one attached hydrogen (secondary N) is 1. The second-order valence-corrected chi connectivity index (χ2v) is 3.65. The zero-order chi connectivity index (χ0) is 12.8. The van der Waals surface area contributed by atoms with Gasteiger partial charge in [-0.3, -0.25) is 0 Å². The molecule has 0 amide bonds. The van der Waals surface area contributed by atoms with Gasteiger partial charge in [-0.15, -0.1) is 12.3 Å². The first kappa shape index (κ1) is 13.0. The number of anilines is 1. The standard InChI is InChI=1S/C13H14FNO2/c1-3-5-10(4-2)15-12-7-6-9(14)8-11(12)13(16)17/h1,6-8,10,15H,4-5H2,2H3,(H,16,17). The summed E-state index contributed by atoms with van der Waals surface area (Å²) in [5, 5.41) is 12.0. The Hall–Kier alpha value is -2.02. The molecule has 0 heterocycles. The van der Waals surface area contributed by atoms with E-state index in [9.17, 15) is 9.18 Å². The Bertz CT molecular complexity index is 451. The molecule has 1 atom stereocenters. The largest absolute Gasteiger partial charge is 0.478 e. The van der Waals surface area contributed by atoms with Crippen LogP contribution in [0, 0.1) is 18.2 Å². The van der Waals surface area contributed by atoms with Gasteiger partial charge in [-0.05, 0) is 24.6 Å². The fourth-order valence-electron chi connectivity index (χ4n) is 1.48. The third kappa shape index (κ3) is 3.49. The lowest BCUT2D eigenvalue weighted by atomic mass is 10.1. The van der Waals surface area contributed by atoms with E-state index in [2.05, 4.69) is 11.2 Å². The van der Waals surface area contributed by atoms with Crippen molar-refractivity contribution in [1.82, 2.24) is 0 Å². The lowest BCUT2D eigenvalue weighted by molar-refractivity contribution is 0.0697. The number of carboxylic acids is 1. The van der Waals surface area contributed by atoms with Gasteiger partial charge in [0.1, 0.15) is 5.82 Å². The quantitative estimate of drug-likeness (QED) is 0.771. The predicted molar refractivity (Wildman–Crippen MR) is 64.5 cm³/mol. The van der Waals surface area contributed by atoms with Crippen molar-refractivity contribution in [2.24, 2.45) is 0 Å². The van der Waals surface area contributed by atoms with Crippen molar-refractivity contribution in [3.8, 4) is 12.3 Å². The van der Waals surface area contributed by atoms with E-state index in [0.717, 1.165) is 12.5 Å². The van der Waals surface area contributed by atoms with E-state index in [1.165, 1.54) is 12.1 Å². The molecular formula is C13H14FNO2. The molecule has 1 aromatic rings. The fraction of sp³-hybridized carbons (Fsp3) is 0.308. The average Bonchev–Trinajstić information content (AvgIpc) is 2.30. The Morgan fingerprint density at radius 3 is 2.88 bits per heavy atom. The molecule has 0 saturated heterocycles. The van der Waals surface area contributed by atoms with Crippen LogP contribution in [0.25, 0.3) is 0 Å². The summed E-state index contributed by atoms with van der Waals surface area (Å²) in [6.07, 6.45) is 6.47. The Morgan fingerprint density at radius 2 is 2.35 bits per heavy atom. The van der Waals surface area contributed by atoms with Crippen molar-refractivity contribution in [2.75, 3.05) is 5.32 Å². The number of benzene rings is 1. The monoisotopic (exact) mass is 235 g/mol. The van der Waals surface area contributed by atoms with Crippen LogP contribution in [0.1, 0.15) is 30.1 Å². The second kappa shape index (κ2) is 5.90. The zero-order valence-corrected chi connectivity index (χ0v) is 9.53. The van der Waals surface area contributed by atoms with Crippen LogP contribution in [-0.2, 0) is 0 Å². The molecule has 0 aliphatic carbocycles. The summed E-state index contributed by atoms with van der Waals surface area (Å²) in [4.78, 5) is 11.0. The summed E-state index contributed by atoms with van der Waals surface area (Å²) in [7, 11) is 0. The maximum atomic E-state index is 13.0. The van der Waals surface area contributed by atoms with Crippen LogP contribution in [0.5, 0.6) is 0 Å². The van der Waals surface area contributed by atoms with Crippen molar-refractivity contribution in [1.29, 1.82) is 0 Å². The fourth-order valence-corrected chi connectivity index (χ4v) is 1.48. The number of hydrogen-bond donors (Lipinski definition) is 2. The van der Waals surface area contributed by atoms with E-state index in [1.807, 2.05) is 6.92 Å². The van der Waals surface area contributed by atoms with Crippen LogP contribution in [-0.4, -0.2) is 17.1 Å². The molecule has 17 heavy (non-hydrogen) atoms. The SMILES string of the molecule is C#CCC(CC)Nc1ccc(F)cc1C(=O)O. The van der Waals surface area contributed by atoms with Gasteiger partial charge in [0.25, 0.3) is 0 Å². The lowest BCUT2D eigenvalue weighted by Gasteiger charge is -2.17. The highest BCUT2D eigenvalue weighted by Crippen LogP contribution is 2.19. The van der Waals surface area contributed by atoms with Crippen LogP contribution in [0.15, 0.2) is 18.2 Å². The molecular weight excluding hydrogens is 221 g/mol. The van der Waals surface area contributed by atoms with Crippen LogP contribution in [0.2, 0.25) is 0 Å². The summed E-state index contributed by atoms with van der Waals surface area (Å²) in [5.74, 6) is 0.779. The number of halogens is 1. The van der Waals surface area contributed by atoms with Crippen LogP contribution < -0.4 is 5.32 Å². The number of carboxylic acid groups (broad SMARTS) is 1. The van der Waals surface area contributed by atoms with Crippen molar-refractivity contribution in [3.63, 3.8) is 0 Å². The lowest BCUT2D eigenvalue weighted by Crippen LogP contribution is -2.19. The van der Waals surface area contributed by atoms with Gasteiger partial charge in [0.2, 0.25) is 0 Å². The van der Waals surface area contributed by atoms with Gasteiger partial charge in [0, 0.05) is 18.2 Å². The Labute approximate surface area is 99.7 Å². The minimum atomic E-state index is -1.16. The van der Waals surface area contributed by atoms with Crippen molar-refractivity contribution in [3.05, 3.63) is 29.6 Å². The number of rotatable bonds is 5. The highest BCUT2D eigenvalue weighted by Gasteiger charge is 2.13. The molecule has 0 saturated carbocycles. The summed E-state index contributed by atoms with van der Waals surface area (Å²) in [5.41, 5.74) is 0.307. The molecule has 0 aliphatic heterocycles. The Morgan fingerprint density at radius 1 is 1.65 bits per heavy atom. The first-order chi connectivity index (χ1) is 8.08. The average molecular weight is 235 g/mol. The van der Waals surface area contributed by atoms with E-state index in [-0.39, 0.29) is 11.6 Å². The van der Waals surface area contributed by atoms with Crippen molar-refractivity contribution in [2.45, 2.75) is 25.8 Å². The molecule has 4 heteroatoms. The topological polar surface area (TPSA) is 49.3 Å². The highest BCUT2D eigenvalue weighted by molar-refractivity contribution is 5.94. The van der Waals surface area contributed by atoms with E-state index < -0.39 is 11.8 Å². The van der Waals surface area contributed by atoms with Crippen LogP contribution in [0.3, 0.4) is 0 Å². The molecule has 0 bridgehead atoms. The molecule has 3 nitrogen and oxygen atoms in total. The number of terminal acetylenes is 1. The second-order valence-electron chi connectivity index (χ2n) is 3.65. The third-order valence-electron chi connectivity index (χ3n) is 2.43. The van der Waals surface area contributed by atoms with Gasteiger partial charge in [-0.2, -0.15) is 0 Å². The molecule has 0 spiro atoms. The number of carbonyl (C=O) groups is 1. The first-order valence-corrected chi connectivity index (χ1v) is 5.31. The minimum absolute atomic E-state index is 0.0106. The van der Waals surface area contributed by atoms with E-state index in [0.29, 0.717) is 12.1 Å². The maximum absolute atomic E-state index is 13.0. The normalized spacial score (nSPS) is 11.6. The van der Waals surface area contributed by atoms with Gasteiger partial charge in [0.15, 0.2) is 0 Å². The molecule has 90 valence electrons. The van der Waals surface area contributed by atoms with Crippen LogP contribution in [0.4, 0.5) is 10.1 Å². The summed E-state index contributed by atoms with van der Waals surface area (Å²) in [6, 6.07) is 3.62. The van der Waals surface area contributed by atoms with Gasteiger partial charge in [0.05, 0.1) is 5.56 Å². The summed E-state index contributed by atoms with van der Waals surface area (Å²) < 4.78 is 13.0. The van der Waals surface area contributed by atoms with Crippen molar-refractivity contribution >= 4 is 11.7 Å². The molecule has 1 rings (SSSR count). The van der Waals surface area contributed by atoms with Gasteiger partial charge in [-0.1, -0.05) is 6.92 Å². The number of hydrogen-bond acceptors (Lipinski definition) is 2. The smallest absolute Gasteiger partial charge is 0.337 e. The molecule has 1 unspecified atom stereocenters. The first-order valence-electron chi connectivity index (χ1n) is 5.31. The minimum Gasteiger partial charge on any atom is -0.478 e. The molecule has 0 radical (unpaired) electrons. The van der Waals surface area contributed by atoms with Crippen LogP contribution >= 0.6 is 0 Å². The summed E-state index contributed by atoms with van der Waals surface area (Å²) in [6.45, 7) is 1.94. The molecule has 0 aromatic heterocycles. The number of aromatic carboxylic acids is 1. The highest BCUT2D eigenvalue weighted by atomic mass is 19.1. The van der Waals surface area contributed by atoms with E-state index in [1.54, 1.807) is 0 Å². The maximum Gasteiger partial charge on any atom is 0.337 e. The van der Waals surface area contributed by atoms with E-state index >= 15 is 0 Å². The zero-order valence-electron chi connectivity index (χ0n) is 9.53. The molecule has 1 aromatic carbocycles. The molecule has 2 N–H and O–H groups in total. The Kier molecular flexibility index (Phi) is 4.53.